The predicted octanol–water partition coefficient (Wildman–Crippen LogP) is 2.60. The molecule has 5 heteroatoms. The molecule has 0 aliphatic heterocycles. The van der Waals surface area contributed by atoms with Crippen molar-refractivity contribution in [2.75, 3.05) is 0 Å². The molecule has 0 bridgehead atoms. The molecule has 2 nitrogen and oxygen atoms in total. The summed E-state index contributed by atoms with van der Waals surface area (Å²) in [5.41, 5.74) is 6.58. The van der Waals surface area contributed by atoms with Crippen LogP contribution in [-0.4, -0.2) is 4.98 Å². The Bertz CT molecular complexity index is 210. The number of hydrogen-bond donors (Lipinski definition) is 1. The lowest BCUT2D eigenvalue weighted by Crippen LogP contribution is -2.04. The van der Waals surface area contributed by atoms with Crippen LogP contribution >= 0.6 is 36.4 Å². The smallest absolute Gasteiger partial charge is 0.129 e. The fraction of sp³-hybridized carbons (Fsp3) is 0.286. The van der Waals surface area contributed by atoms with Crippen molar-refractivity contribution in [1.29, 1.82) is 0 Å². The minimum Gasteiger partial charge on any atom is -0.324 e. The Hall–Kier alpha value is -0.0200. The third-order valence-electron chi connectivity index (χ3n) is 1.28. The van der Waals surface area contributed by atoms with Gasteiger partial charge in [-0.05, 0) is 18.6 Å². The lowest BCUT2D eigenvalue weighted by molar-refractivity contribution is 0.812. The molecule has 0 saturated carbocycles. The van der Waals surface area contributed by atoms with Crippen LogP contribution in [0.3, 0.4) is 0 Å². The van der Waals surface area contributed by atoms with Crippen molar-refractivity contribution < 1.29 is 0 Å². The summed E-state index contributed by atoms with van der Waals surface area (Å²) in [6.45, 7) is 1.91. The number of aromatic nitrogens is 1. The molecule has 0 aliphatic rings. The molecule has 0 fully saturated rings. The Kier molecular flexibility index (Phi) is 7.84. The summed E-state index contributed by atoms with van der Waals surface area (Å²) in [6, 6.07) is 3.64. The molecule has 0 radical (unpaired) electrons. The molecule has 70 valence electrons. The van der Waals surface area contributed by atoms with E-state index in [-0.39, 0.29) is 30.9 Å². The first kappa shape index (κ1) is 14.5. The van der Waals surface area contributed by atoms with E-state index in [0.717, 1.165) is 5.56 Å². The number of halogens is 3. The van der Waals surface area contributed by atoms with Crippen LogP contribution in [0.25, 0.3) is 0 Å². The van der Waals surface area contributed by atoms with Crippen molar-refractivity contribution >= 4 is 36.4 Å². The Morgan fingerprint density at radius 2 is 2.00 bits per heavy atom. The largest absolute Gasteiger partial charge is 0.324 e. The first-order chi connectivity index (χ1) is 4.70. The quantitative estimate of drug-likeness (QED) is 0.752. The van der Waals surface area contributed by atoms with Crippen molar-refractivity contribution in [3.63, 3.8) is 0 Å². The average molecular weight is 230 g/mol. The van der Waals surface area contributed by atoms with E-state index < -0.39 is 0 Å². The Balaban J connectivity index is 0. The van der Waals surface area contributed by atoms with Gasteiger partial charge in [-0.25, -0.2) is 4.98 Å². The fourth-order valence-electron chi connectivity index (χ4n) is 0.657. The SMILES string of the molecule is CC(N)c1ccc(Cl)nc1.Cl.Cl. The van der Waals surface area contributed by atoms with Crippen molar-refractivity contribution in [2.24, 2.45) is 5.73 Å². The molecule has 1 atom stereocenters. The van der Waals surface area contributed by atoms with E-state index in [9.17, 15) is 0 Å². The monoisotopic (exact) mass is 228 g/mol. The van der Waals surface area contributed by atoms with Gasteiger partial charge < -0.3 is 5.73 Å². The molecule has 1 aromatic heterocycles. The van der Waals surface area contributed by atoms with Gasteiger partial charge in [0.2, 0.25) is 0 Å². The van der Waals surface area contributed by atoms with Crippen LogP contribution in [-0.2, 0) is 0 Å². The molecule has 2 N–H and O–H groups in total. The van der Waals surface area contributed by atoms with Crippen molar-refractivity contribution in [3.05, 3.63) is 29.0 Å². The third kappa shape index (κ3) is 4.12. The second-order valence-corrected chi connectivity index (χ2v) is 2.59. The van der Waals surface area contributed by atoms with E-state index in [0.29, 0.717) is 5.15 Å². The van der Waals surface area contributed by atoms with Crippen LogP contribution in [0.5, 0.6) is 0 Å². The average Bonchev–Trinajstić information content (AvgIpc) is 1.88. The summed E-state index contributed by atoms with van der Waals surface area (Å²) in [7, 11) is 0. The summed E-state index contributed by atoms with van der Waals surface area (Å²) in [4.78, 5) is 3.89. The van der Waals surface area contributed by atoms with E-state index in [1.165, 1.54) is 0 Å². The molecule has 1 unspecified atom stereocenters. The summed E-state index contributed by atoms with van der Waals surface area (Å²) in [5, 5.41) is 0.504. The highest BCUT2D eigenvalue weighted by Crippen LogP contribution is 2.10. The molecule has 12 heavy (non-hydrogen) atoms. The van der Waals surface area contributed by atoms with Gasteiger partial charge in [0.1, 0.15) is 5.15 Å². The zero-order valence-electron chi connectivity index (χ0n) is 6.53. The lowest BCUT2D eigenvalue weighted by Gasteiger charge is -2.02. The maximum absolute atomic E-state index is 5.58. The first-order valence-electron chi connectivity index (χ1n) is 3.07. The van der Waals surface area contributed by atoms with Gasteiger partial charge in [0, 0.05) is 12.2 Å². The van der Waals surface area contributed by atoms with Crippen LogP contribution < -0.4 is 5.73 Å². The van der Waals surface area contributed by atoms with Gasteiger partial charge in [0.05, 0.1) is 0 Å². The number of pyridine rings is 1. The minimum atomic E-state index is 0. The Morgan fingerprint density at radius 1 is 1.42 bits per heavy atom. The van der Waals surface area contributed by atoms with Crippen molar-refractivity contribution in [3.8, 4) is 0 Å². The van der Waals surface area contributed by atoms with Crippen LogP contribution in [0.1, 0.15) is 18.5 Å². The standard InChI is InChI=1S/C7H9ClN2.2ClH/c1-5(9)6-2-3-7(8)10-4-6;;/h2-5H,9H2,1H3;2*1H. The van der Waals surface area contributed by atoms with Crippen molar-refractivity contribution in [2.45, 2.75) is 13.0 Å². The Morgan fingerprint density at radius 3 is 2.33 bits per heavy atom. The Labute approximate surface area is 89.3 Å². The molecule has 1 heterocycles. The highest BCUT2D eigenvalue weighted by atomic mass is 35.5. The number of rotatable bonds is 1. The van der Waals surface area contributed by atoms with Gasteiger partial charge in [0.15, 0.2) is 0 Å². The second-order valence-electron chi connectivity index (χ2n) is 2.20. The van der Waals surface area contributed by atoms with Gasteiger partial charge in [-0.3, -0.25) is 0 Å². The summed E-state index contributed by atoms with van der Waals surface area (Å²) in [5.74, 6) is 0. The highest BCUT2D eigenvalue weighted by Gasteiger charge is 1.97. The normalized spacial score (nSPS) is 10.9. The first-order valence-corrected chi connectivity index (χ1v) is 3.45. The summed E-state index contributed by atoms with van der Waals surface area (Å²) < 4.78 is 0. The molecule has 0 saturated heterocycles. The van der Waals surface area contributed by atoms with Crippen LogP contribution in [0.2, 0.25) is 5.15 Å². The van der Waals surface area contributed by atoms with Gasteiger partial charge in [0.25, 0.3) is 0 Å². The number of nitrogens with two attached hydrogens (primary N) is 1. The van der Waals surface area contributed by atoms with E-state index in [1.807, 2.05) is 13.0 Å². The zero-order valence-corrected chi connectivity index (χ0v) is 8.92. The summed E-state index contributed by atoms with van der Waals surface area (Å²) in [6.07, 6.45) is 1.69. The molecule has 1 aromatic rings. The zero-order chi connectivity index (χ0) is 7.56. The molecule has 1 rings (SSSR count). The topological polar surface area (TPSA) is 38.9 Å². The van der Waals surface area contributed by atoms with Gasteiger partial charge in [-0.15, -0.1) is 24.8 Å². The van der Waals surface area contributed by atoms with E-state index in [1.54, 1.807) is 12.3 Å². The molecule has 0 aliphatic carbocycles. The highest BCUT2D eigenvalue weighted by molar-refractivity contribution is 6.29. The number of hydrogen-bond acceptors (Lipinski definition) is 2. The lowest BCUT2D eigenvalue weighted by atomic mass is 10.2. The van der Waals surface area contributed by atoms with E-state index >= 15 is 0 Å². The molecular formula is C7H11Cl3N2. The van der Waals surface area contributed by atoms with E-state index in [2.05, 4.69) is 4.98 Å². The summed E-state index contributed by atoms with van der Waals surface area (Å²) >= 11 is 5.56. The maximum Gasteiger partial charge on any atom is 0.129 e. The predicted molar refractivity (Wildman–Crippen MR) is 56.3 cm³/mol. The molecule has 0 amide bonds. The van der Waals surface area contributed by atoms with Crippen LogP contribution in [0.15, 0.2) is 18.3 Å². The minimum absolute atomic E-state index is 0. The van der Waals surface area contributed by atoms with Gasteiger partial charge >= 0.3 is 0 Å². The maximum atomic E-state index is 5.58. The fourth-order valence-corrected chi connectivity index (χ4v) is 0.768. The van der Waals surface area contributed by atoms with Gasteiger partial charge in [-0.2, -0.15) is 0 Å². The van der Waals surface area contributed by atoms with Crippen molar-refractivity contribution in [1.82, 2.24) is 4.98 Å². The van der Waals surface area contributed by atoms with Crippen LogP contribution in [0.4, 0.5) is 0 Å². The molecule has 0 aromatic carbocycles. The molecular weight excluding hydrogens is 218 g/mol. The van der Waals surface area contributed by atoms with Gasteiger partial charge in [-0.1, -0.05) is 17.7 Å². The third-order valence-corrected chi connectivity index (χ3v) is 1.50. The second kappa shape index (κ2) is 6.49. The van der Waals surface area contributed by atoms with Crippen LogP contribution in [0, 0.1) is 0 Å². The molecule has 0 spiro atoms. The number of nitrogens with zero attached hydrogens (tertiary/aromatic N) is 1. The van der Waals surface area contributed by atoms with E-state index in [4.69, 9.17) is 17.3 Å².